The normalized spacial score (nSPS) is 14.7. The molecule has 0 radical (unpaired) electrons. The lowest BCUT2D eigenvalue weighted by molar-refractivity contribution is -0.120. The number of hydrogen-bond donors (Lipinski definition) is 2. The molecule has 2 aromatic carbocycles. The fraction of sp³-hybridized carbons (Fsp3) is 0.263. The lowest BCUT2D eigenvalue weighted by Crippen LogP contribution is -2.40. The second kappa shape index (κ2) is 7.18. The zero-order chi connectivity index (χ0) is 17.0. The maximum absolute atomic E-state index is 12.0. The van der Waals surface area contributed by atoms with Crippen LogP contribution in [0.1, 0.15) is 28.8 Å². The number of amides is 2. The highest BCUT2D eigenvalue weighted by Gasteiger charge is 2.44. The number of benzene rings is 2. The van der Waals surface area contributed by atoms with Crippen LogP contribution >= 0.6 is 15.9 Å². The van der Waals surface area contributed by atoms with Crippen molar-refractivity contribution in [2.75, 3.05) is 13.1 Å². The van der Waals surface area contributed by atoms with Crippen molar-refractivity contribution in [3.63, 3.8) is 0 Å². The summed E-state index contributed by atoms with van der Waals surface area (Å²) >= 11 is 3.33. The molecule has 24 heavy (non-hydrogen) atoms. The predicted octanol–water partition coefficient (Wildman–Crippen LogP) is 3.03. The molecule has 4 nitrogen and oxygen atoms in total. The van der Waals surface area contributed by atoms with Crippen molar-refractivity contribution in [3.8, 4) is 0 Å². The Hall–Kier alpha value is -2.14. The van der Waals surface area contributed by atoms with Gasteiger partial charge in [0.05, 0.1) is 6.54 Å². The molecule has 0 atom stereocenters. The van der Waals surface area contributed by atoms with E-state index in [-0.39, 0.29) is 23.8 Å². The minimum Gasteiger partial charge on any atom is -0.354 e. The van der Waals surface area contributed by atoms with Gasteiger partial charge in [0.1, 0.15) is 0 Å². The fourth-order valence-corrected chi connectivity index (χ4v) is 3.13. The van der Waals surface area contributed by atoms with Crippen molar-refractivity contribution >= 4 is 27.7 Å². The van der Waals surface area contributed by atoms with E-state index in [1.165, 1.54) is 5.56 Å². The average molecular weight is 387 g/mol. The van der Waals surface area contributed by atoms with Gasteiger partial charge in [-0.15, -0.1) is 0 Å². The molecule has 2 amide bonds. The summed E-state index contributed by atoms with van der Waals surface area (Å²) in [5.74, 6) is -0.420. The molecule has 2 aromatic rings. The van der Waals surface area contributed by atoms with E-state index in [2.05, 4.69) is 38.7 Å². The second-order valence-corrected chi connectivity index (χ2v) is 7.03. The summed E-state index contributed by atoms with van der Waals surface area (Å²) in [6, 6.07) is 17.3. The molecule has 0 spiro atoms. The van der Waals surface area contributed by atoms with Gasteiger partial charge in [0.15, 0.2) is 0 Å². The molecular weight excluding hydrogens is 368 g/mol. The lowest BCUT2D eigenvalue weighted by atomic mass is 9.96. The third kappa shape index (κ3) is 4.03. The van der Waals surface area contributed by atoms with Gasteiger partial charge in [0.2, 0.25) is 5.91 Å². The molecule has 1 aliphatic carbocycles. The van der Waals surface area contributed by atoms with Gasteiger partial charge in [-0.05, 0) is 36.6 Å². The lowest BCUT2D eigenvalue weighted by Gasteiger charge is -2.16. The first-order valence-electron chi connectivity index (χ1n) is 7.95. The molecule has 1 fully saturated rings. The van der Waals surface area contributed by atoms with Crippen LogP contribution in [0.5, 0.6) is 0 Å². The molecule has 2 N–H and O–H groups in total. The highest BCUT2D eigenvalue weighted by molar-refractivity contribution is 9.10. The molecule has 3 rings (SSSR count). The Morgan fingerprint density at radius 1 is 1.00 bits per heavy atom. The van der Waals surface area contributed by atoms with Gasteiger partial charge < -0.3 is 10.6 Å². The summed E-state index contributed by atoms with van der Waals surface area (Å²) in [5, 5.41) is 5.59. The van der Waals surface area contributed by atoms with Crippen LogP contribution in [-0.4, -0.2) is 24.9 Å². The number of rotatable bonds is 6. The fourth-order valence-electron chi connectivity index (χ4n) is 2.73. The maximum atomic E-state index is 12.0. The summed E-state index contributed by atoms with van der Waals surface area (Å²) < 4.78 is 0.832. The summed E-state index contributed by atoms with van der Waals surface area (Å²) in [4.78, 5) is 24.0. The molecule has 0 unspecified atom stereocenters. The predicted molar refractivity (Wildman–Crippen MR) is 96.8 cm³/mol. The van der Waals surface area contributed by atoms with Crippen LogP contribution in [0.25, 0.3) is 0 Å². The molecule has 0 aliphatic heterocycles. The Labute approximate surface area is 149 Å². The molecule has 1 aliphatic rings. The Kier molecular flexibility index (Phi) is 5.00. The Morgan fingerprint density at radius 3 is 2.42 bits per heavy atom. The van der Waals surface area contributed by atoms with Gasteiger partial charge in [-0.3, -0.25) is 9.59 Å². The van der Waals surface area contributed by atoms with Crippen LogP contribution < -0.4 is 10.6 Å². The number of carbonyl (C=O) groups is 2. The smallest absolute Gasteiger partial charge is 0.251 e. The number of hydrogen-bond acceptors (Lipinski definition) is 2. The number of carbonyl (C=O) groups excluding carboxylic acids is 2. The average Bonchev–Trinajstić information content (AvgIpc) is 3.40. The first-order valence-corrected chi connectivity index (χ1v) is 8.74. The van der Waals surface area contributed by atoms with Gasteiger partial charge in [0.25, 0.3) is 5.91 Å². The Balaban J connectivity index is 1.47. The quantitative estimate of drug-likeness (QED) is 0.801. The van der Waals surface area contributed by atoms with Crippen LogP contribution in [-0.2, 0) is 10.2 Å². The molecule has 1 saturated carbocycles. The van der Waals surface area contributed by atoms with E-state index in [1.807, 2.05) is 24.3 Å². The Morgan fingerprint density at radius 2 is 1.75 bits per heavy atom. The zero-order valence-electron chi connectivity index (χ0n) is 13.2. The third-order valence-corrected chi connectivity index (χ3v) is 4.85. The molecule has 124 valence electrons. The van der Waals surface area contributed by atoms with Crippen LogP contribution in [0.3, 0.4) is 0 Å². The standard InChI is InChI=1S/C19H19BrN2O2/c20-16-8-4-5-14(11-16)18(24)21-12-17(23)22-13-19(9-10-19)15-6-2-1-3-7-15/h1-8,11H,9-10,12-13H2,(H,21,24)(H,22,23). The monoisotopic (exact) mass is 386 g/mol. The van der Waals surface area contributed by atoms with Gasteiger partial charge in [-0.25, -0.2) is 0 Å². The zero-order valence-corrected chi connectivity index (χ0v) is 14.8. The molecule has 0 heterocycles. The van der Waals surface area contributed by atoms with Gasteiger partial charge in [-0.1, -0.05) is 52.3 Å². The van der Waals surface area contributed by atoms with E-state index in [4.69, 9.17) is 0 Å². The van der Waals surface area contributed by atoms with Gasteiger partial charge in [-0.2, -0.15) is 0 Å². The molecule has 0 bridgehead atoms. The molecule has 5 heteroatoms. The Bertz CT molecular complexity index is 742. The van der Waals surface area contributed by atoms with Crippen molar-refractivity contribution in [2.45, 2.75) is 18.3 Å². The van der Waals surface area contributed by atoms with Crippen molar-refractivity contribution in [1.82, 2.24) is 10.6 Å². The van der Waals surface area contributed by atoms with E-state index in [0.717, 1.165) is 17.3 Å². The molecule has 0 saturated heterocycles. The van der Waals surface area contributed by atoms with E-state index in [9.17, 15) is 9.59 Å². The van der Waals surface area contributed by atoms with E-state index >= 15 is 0 Å². The first kappa shape index (κ1) is 16.7. The third-order valence-electron chi connectivity index (χ3n) is 4.36. The number of nitrogens with one attached hydrogen (secondary N) is 2. The maximum Gasteiger partial charge on any atom is 0.251 e. The minimum atomic E-state index is -0.254. The molecule has 0 aromatic heterocycles. The summed E-state index contributed by atoms with van der Waals surface area (Å²) in [5.41, 5.74) is 1.87. The van der Waals surface area contributed by atoms with Crippen LogP contribution in [0.15, 0.2) is 59.1 Å². The van der Waals surface area contributed by atoms with E-state index in [0.29, 0.717) is 12.1 Å². The van der Waals surface area contributed by atoms with Crippen LogP contribution in [0.2, 0.25) is 0 Å². The van der Waals surface area contributed by atoms with Crippen LogP contribution in [0.4, 0.5) is 0 Å². The minimum absolute atomic E-state index is 0.0176. The van der Waals surface area contributed by atoms with E-state index in [1.54, 1.807) is 18.2 Å². The van der Waals surface area contributed by atoms with E-state index < -0.39 is 0 Å². The summed E-state index contributed by atoms with van der Waals surface area (Å²) in [6.45, 7) is 0.596. The first-order chi connectivity index (χ1) is 11.6. The van der Waals surface area contributed by atoms with Crippen molar-refractivity contribution in [3.05, 3.63) is 70.2 Å². The second-order valence-electron chi connectivity index (χ2n) is 6.12. The number of halogens is 1. The van der Waals surface area contributed by atoms with Crippen molar-refractivity contribution in [2.24, 2.45) is 0 Å². The van der Waals surface area contributed by atoms with Crippen LogP contribution in [0, 0.1) is 0 Å². The van der Waals surface area contributed by atoms with Crippen molar-refractivity contribution < 1.29 is 9.59 Å². The highest BCUT2D eigenvalue weighted by Crippen LogP contribution is 2.47. The van der Waals surface area contributed by atoms with Crippen molar-refractivity contribution in [1.29, 1.82) is 0 Å². The topological polar surface area (TPSA) is 58.2 Å². The highest BCUT2D eigenvalue weighted by atomic mass is 79.9. The summed E-state index contributed by atoms with van der Waals surface area (Å²) in [6.07, 6.45) is 2.17. The van der Waals surface area contributed by atoms with Gasteiger partial charge >= 0.3 is 0 Å². The largest absolute Gasteiger partial charge is 0.354 e. The molecular formula is C19H19BrN2O2. The SMILES string of the molecule is O=C(CNC(=O)c1cccc(Br)c1)NCC1(c2ccccc2)CC1. The summed E-state index contributed by atoms with van der Waals surface area (Å²) in [7, 11) is 0. The van der Waals surface area contributed by atoms with Gasteiger partial charge in [0, 0.05) is 22.0 Å².